The van der Waals surface area contributed by atoms with Gasteiger partial charge in [0.05, 0.1) is 24.9 Å². The summed E-state index contributed by atoms with van der Waals surface area (Å²) in [6.45, 7) is 5.19. The van der Waals surface area contributed by atoms with Crippen molar-refractivity contribution >= 4 is 17.6 Å². The van der Waals surface area contributed by atoms with Crippen molar-refractivity contribution in [1.29, 1.82) is 0 Å². The van der Waals surface area contributed by atoms with Crippen LogP contribution in [0.5, 0.6) is 0 Å². The largest absolute Gasteiger partial charge is 0.462 e. The summed E-state index contributed by atoms with van der Waals surface area (Å²) < 4.78 is 5.03. The molecule has 2 aromatic carbocycles. The molecule has 25 heavy (non-hydrogen) atoms. The van der Waals surface area contributed by atoms with Crippen molar-refractivity contribution in [2.75, 3.05) is 25.5 Å². The van der Waals surface area contributed by atoms with Crippen molar-refractivity contribution in [3.05, 3.63) is 65.2 Å². The molecule has 0 aromatic heterocycles. The number of benzene rings is 2. The smallest absolute Gasteiger partial charge is 0.340 e. The first-order chi connectivity index (χ1) is 12.0. The van der Waals surface area contributed by atoms with Gasteiger partial charge in [0.1, 0.15) is 6.54 Å². The van der Waals surface area contributed by atoms with Gasteiger partial charge in [-0.3, -0.25) is 4.79 Å². The third-order valence-corrected chi connectivity index (χ3v) is 3.91. The summed E-state index contributed by atoms with van der Waals surface area (Å²) in [6, 6.07) is 15.0. The fourth-order valence-corrected chi connectivity index (χ4v) is 2.64. The third-order valence-electron chi connectivity index (χ3n) is 3.91. The Morgan fingerprint density at radius 1 is 1.08 bits per heavy atom. The van der Waals surface area contributed by atoms with Crippen LogP contribution in [-0.2, 0) is 16.1 Å². The zero-order valence-corrected chi connectivity index (χ0v) is 15.0. The first-order valence-corrected chi connectivity index (χ1v) is 8.43. The van der Waals surface area contributed by atoms with Crippen LogP contribution in [0.1, 0.15) is 28.4 Å². The van der Waals surface area contributed by atoms with Gasteiger partial charge in [-0.1, -0.05) is 36.4 Å². The van der Waals surface area contributed by atoms with Crippen LogP contribution in [0.15, 0.2) is 48.5 Å². The maximum Gasteiger partial charge on any atom is 0.340 e. The monoisotopic (exact) mass is 341 g/mol. The van der Waals surface area contributed by atoms with Gasteiger partial charge in [0.15, 0.2) is 6.54 Å². The highest BCUT2D eigenvalue weighted by atomic mass is 16.5. The summed E-state index contributed by atoms with van der Waals surface area (Å²) in [7, 11) is 1.98. The Morgan fingerprint density at radius 3 is 2.48 bits per heavy atom. The number of rotatable bonds is 7. The van der Waals surface area contributed by atoms with E-state index in [1.54, 1.807) is 31.2 Å². The first kappa shape index (κ1) is 18.7. The molecule has 2 N–H and O–H groups in total. The second kappa shape index (κ2) is 8.99. The molecule has 0 aliphatic rings. The number of ether oxygens (including phenoxy) is 1. The SMILES string of the molecule is CCOC(=O)c1ccccc1NC(=O)C[NH+](C)Cc1ccccc1C. The topological polar surface area (TPSA) is 59.8 Å². The quantitative estimate of drug-likeness (QED) is 0.756. The van der Waals surface area contributed by atoms with E-state index in [9.17, 15) is 9.59 Å². The minimum Gasteiger partial charge on any atom is -0.462 e. The van der Waals surface area contributed by atoms with E-state index in [2.05, 4.69) is 24.4 Å². The van der Waals surface area contributed by atoms with E-state index in [1.165, 1.54) is 11.1 Å². The molecule has 5 heteroatoms. The molecule has 0 saturated carbocycles. The second-order valence-electron chi connectivity index (χ2n) is 6.05. The molecule has 2 rings (SSSR count). The highest BCUT2D eigenvalue weighted by Crippen LogP contribution is 2.16. The molecule has 0 bridgehead atoms. The number of carbonyl (C=O) groups excluding carboxylic acids is 2. The van der Waals surface area contributed by atoms with Gasteiger partial charge in [-0.15, -0.1) is 0 Å². The lowest BCUT2D eigenvalue weighted by Gasteiger charge is -2.16. The first-order valence-electron chi connectivity index (χ1n) is 8.43. The normalized spacial score (nSPS) is 11.6. The molecular weight excluding hydrogens is 316 g/mol. The molecule has 1 atom stereocenters. The average molecular weight is 341 g/mol. The molecule has 0 heterocycles. The predicted octanol–water partition coefficient (Wildman–Crippen LogP) is 1.83. The van der Waals surface area contributed by atoms with E-state index in [1.807, 2.05) is 19.2 Å². The maximum atomic E-state index is 12.3. The van der Waals surface area contributed by atoms with Gasteiger partial charge in [-0.2, -0.15) is 0 Å². The minimum atomic E-state index is -0.431. The van der Waals surface area contributed by atoms with Crippen molar-refractivity contribution in [1.82, 2.24) is 0 Å². The lowest BCUT2D eigenvalue weighted by Crippen LogP contribution is -3.08. The van der Waals surface area contributed by atoms with Crippen LogP contribution in [0.4, 0.5) is 5.69 Å². The number of likely N-dealkylation sites (N-methyl/N-ethyl adjacent to an activating group) is 1. The number of esters is 1. The molecule has 2 aromatic rings. The van der Waals surface area contributed by atoms with Crippen LogP contribution in [0.25, 0.3) is 0 Å². The number of aryl methyl sites for hydroxylation is 1. The van der Waals surface area contributed by atoms with Crippen LogP contribution in [-0.4, -0.2) is 32.1 Å². The van der Waals surface area contributed by atoms with Crippen molar-refractivity contribution in [2.45, 2.75) is 20.4 Å². The lowest BCUT2D eigenvalue weighted by molar-refractivity contribution is -0.885. The van der Waals surface area contributed by atoms with Crippen molar-refractivity contribution in [3.63, 3.8) is 0 Å². The molecule has 0 aliphatic carbocycles. The number of quaternary nitrogens is 1. The Labute approximate surface area is 148 Å². The fraction of sp³-hybridized carbons (Fsp3) is 0.300. The molecule has 0 radical (unpaired) electrons. The lowest BCUT2D eigenvalue weighted by atomic mass is 10.1. The zero-order valence-electron chi connectivity index (χ0n) is 15.0. The molecule has 0 spiro atoms. The van der Waals surface area contributed by atoms with Gasteiger partial charge in [-0.25, -0.2) is 4.79 Å². The summed E-state index contributed by atoms with van der Waals surface area (Å²) in [6.07, 6.45) is 0. The van der Waals surface area contributed by atoms with E-state index < -0.39 is 5.97 Å². The van der Waals surface area contributed by atoms with Crippen LogP contribution >= 0.6 is 0 Å². The van der Waals surface area contributed by atoms with E-state index in [0.717, 1.165) is 11.4 Å². The molecule has 0 fully saturated rings. The predicted molar refractivity (Wildman–Crippen MR) is 97.7 cm³/mol. The summed E-state index contributed by atoms with van der Waals surface area (Å²) in [5.41, 5.74) is 3.29. The Hall–Kier alpha value is -2.66. The van der Waals surface area contributed by atoms with E-state index in [0.29, 0.717) is 24.4 Å². The van der Waals surface area contributed by atoms with E-state index >= 15 is 0 Å². The highest BCUT2D eigenvalue weighted by Gasteiger charge is 2.16. The number of para-hydroxylation sites is 1. The average Bonchev–Trinajstić information content (AvgIpc) is 2.57. The maximum absolute atomic E-state index is 12.3. The van der Waals surface area contributed by atoms with Gasteiger partial charge in [0.25, 0.3) is 5.91 Å². The van der Waals surface area contributed by atoms with Gasteiger partial charge >= 0.3 is 5.97 Å². The number of nitrogens with one attached hydrogen (secondary N) is 2. The van der Waals surface area contributed by atoms with Crippen LogP contribution < -0.4 is 10.2 Å². The summed E-state index contributed by atoms with van der Waals surface area (Å²) in [5, 5.41) is 2.82. The Kier molecular flexibility index (Phi) is 6.71. The molecule has 0 saturated heterocycles. The number of hydrogen-bond donors (Lipinski definition) is 2. The highest BCUT2D eigenvalue weighted by molar-refractivity contribution is 6.01. The molecule has 1 unspecified atom stereocenters. The van der Waals surface area contributed by atoms with Crippen molar-refractivity contribution < 1.29 is 19.2 Å². The second-order valence-corrected chi connectivity index (χ2v) is 6.05. The standard InChI is InChI=1S/C20H24N2O3/c1-4-25-20(24)17-11-7-8-12-18(17)21-19(23)14-22(3)13-16-10-6-5-9-15(16)2/h5-12H,4,13-14H2,1-3H3,(H,21,23)/p+1. The number of amides is 1. The minimum absolute atomic E-state index is 0.136. The molecule has 1 amide bonds. The fourth-order valence-electron chi connectivity index (χ4n) is 2.64. The van der Waals surface area contributed by atoms with Crippen LogP contribution in [0.3, 0.4) is 0 Å². The summed E-state index contributed by atoms with van der Waals surface area (Å²) in [5.74, 6) is -0.568. The third kappa shape index (κ3) is 5.43. The van der Waals surface area contributed by atoms with Crippen molar-refractivity contribution in [3.8, 4) is 0 Å². The van der Waals surface area contributed by atoms with E-state index in [4.69, 9.17) is 4.74 Å². The Balaban J connectivity index is 1.98. The summed E-state index contributed by atoms with van der Waals surface area (Å²) in [4.78, 5) is 25.4. The molecule has 132 valence electrons. The molecular formula is C20H25N2O3+. The summed E-state index contributed by atoms with van der Waals surface area (Å²) >= 11 is 0. The van der Waals surface area contributed by atoms with Crippen LogP contribution in [0.2, 0.25) is 0 Å². The van der Waals surface area contributed by atoms with Gasteiger partial charge in [0, 0.05) is 5.56 Å². The number of carbonyl (C=O) groups is 2. The zero-order chi connectivity index (χ0) is 18.2. The Morgan fingerprint density at radius 2 is 1.76 bits per heavy atom. The van der Waals surface area contributed by atoms with Gasteiger partial charge < -0.3 is 15.0 Å². The molecule has 0 aliphatic heterocycles. The van der Waals surface area contributed by atoms with Gasteiger partial charge in [-0.05, 0) is 31.5 Å². The van der Waals surface area contributed by atoms with Gasteiger partial charge in [0.2, 0.25) is 0 Å². The Bertz CT molecular complexity index is 743. The van der Waals surface area contributed by atoms with E-state index in [-0.39, 0.29) is 5.91 Å². The van der Waals surface area contributed by atoms with Crippen molar-refractivity contribution in [2.24, 2.45) is 0 Å². The number of hydrogen-bond acceptors (Lipinski definition) is 3. The molecule has 5 nitrogen and oxygen atoms in total. The number of anilines is 1. The van der Waals surface area contributed by atoms with Crippen LogP contribution in [0, 0.1) is 6.92 Å².